The molecular weight excluding hydrogens is 387 g/mol. The molecule has 0 bridgehead atoms. The summed E-state index contributed by atoms with van der Waals surface area (Å²) in [6.45, 7) is 7.54. The van der Waals surface area contributed by atoms with Gasteiger partial charge in [0.1, 0.15) is 11.6 Å². The molecule has 0 saturated carbocycles. The summed E-state index contributed by atoms with van der Waals surface area (Å²) in [4.78, 5) is 8.93. The predicted octanol–water partition coefficient (Wildman–Crippen LogP) is 2.25. The molecule has 1 aliphatic heterocycles. The van der Waals surface area contributed by atoms with Crippen LogP contribution in [-0.4, -0.2) is 61.0 Å². The topological polar surface area (TPSA) is 88.5 Å². The summed E-state index contributed by atoms with van der Waals surface area (Å²) >= 11 is 0. The van der Waals surface area contributed by atoms with E-state index < -0.39 is 0 Å². The number of piperazine rings is 1. The molecule has 1 aliphatic rings. The molecule has 30 heavy (non-hydrogen) atoms. The minimum Gasteiger partial charge on any atom is -0.353 e. The third-order valence-electron chi connectivity index (χ3n) is 5.36. The average Bonchev–Trinajstić information content (AvgIpc) is 3.37. The molecule has 4 heterocycles. The highest BCUT2D eigenvalue weighted by molar-refractivity contribution is 5.55. The Hall–Kier alpha value is -3.40. The third-order valence-corrected chi connectivity index (χ3v) is 5.36. The average molecular weight is 408 g/mol. The van der Waals surface area contributed by atoms with E-state index in [4.69, 9.17) is 4.52 Å². The van der Waals surface area contributed by atoms with Gasteiger partial charge in [-0.15, -0.1) is 15.3 Å². The van der Waals surface area contributed by atoms with E-state index in [1.165, 1.54) is 6.07 Å². The molecule has 5 rings (SSSR count). The number of hydrogen-bond donors (Lipinski definition) is 0. The quantitative estimate of drug-likeness (QED) is 0.508. The first-order chi connectivity index (χ1) is 14.6. The second kappa shape index (κ2) is 7.45. The molecule has 0 N–H and O–H groups in total. The molecule has 0 radical (unpaired) electrons. The zero-order chi connectivity index (χ0) is 20.7. The number of halogens is 1. The van der Waals surface area contributed by atoms with Crippen molar-refractivity contribution < 1.29 is 8.91 Å². The molecule has 0 spiro atoms. The number of benzene rings is 1. The van der Waals surface area contributed by atoms with E-state index in [2.05, 4.69) is 35.2 Å². The molecule has 3 aromatic heterocycles. The van der Waals surface area contributed by atoms with Gasteiger partial charge in [-0.3, -0.25) is 4.90 Å². The molecule has 10 heteroatoms. The number of anilines is 1. The number of fused-ring (bicyclic) bond motifs is 1. The summed E-state index contributed by atoms with van der Waals surface area (Å²) in [7, 11) is 0. The molecule has 1 aromatic carbocycles. The van der Waals surface area contributed by atoms with Crippen molar-refractivity contribution in [1.82, 2.24) is 34.9 Å². The van der Waals surface area contributed by atoms with E-state index in [0.717, 1.165) is 43.5 Å². The summed E-state index contributed by atoms with van der Waals surface area (Å²) in [6, 6.07) is 8.86. The second-order valence-corrected chi connectivity index (χ2v) is 7.45. The van der Waals surface area contributed by atoms with Crippen LogP contribution in [0.3, 0.4) is 0 Å². The lowest BCUT2D eigenvalue weighted by Crippen LogP contribution is -2.46. The molecule has 0 atom stereocenters. The normalized spacial score (nSPS) is 15.2. The third kappa shape index (κ3) is 3.50. The molecule has 0 amide bonds. The maximum atomic E-state index is 13.8. The minimum absolute atomic E-state index is 0.275. The van der Waals surface area contributed by atoms with Crippen LogP contribution in [0.2, 0.25) is 0 Å². The molecular formula is C20H21FN8O. The summed E-state index contributed by atoms with van der Waals surface area (Å²) in [5.74, 6) is 2.34. The Bertz CT molecular complexity index is 1190. The van der Waals surface area contributed by atoms with Gasteiger partial charge in [0, 0.05) is 31.7 Å². The van der Waals surface area contributed by atoms with Crippen LogP contribution >= 0.6 is 0 Å². The van der Waals surface area contributed by atoms with Gasteiger partial charge in [0.05, 0.1) is 6.54 Å². The van der Waals surface area contributed by atoms with E-state index in [1.807, 2.05) is 19.1 Å². The lowest BCUT2D eigenvalue weighted by atomic mass is 10.1. The van der Waals surface area contributed by atoms with Crippen molar-refractivity contribution in [3.05, 3.63) is 53.4 Å². The van der Waals surface area contributed by atoms with Crippen molar-refractivity contribution in [3.8, 4) is 11.4 Å². The maximum absolute atomic E-state index is 13.8. The fourth-order valence-corrected chi connectivity index (χ4v) is 3.55. The van der Waals surface area contributed by atoms with E-state index in [0.29, 0.717) is 29.4 Å². The molecule has 1 saturated heterocycles. The first-order valence-electron chi connectivity index (χ1n) is 9.82. The molecule has 1 fully saturated rings. The Morgan fingerprint density at radius 2 is 1.87 bits per heavy atom. The highest BCUT2D eigenvalue weighted by Crippen LogP contribution is 2.20. The van der Waals surface area contributed by atoms with Crippen LogP contribution in [0, 0.1) is 19.7 Å². The van der Waals surface area contributed by atoms with E-state index in [-0.39, 0.29) is 5.82 Å². The van der Waals surface area contributed by atoms with Crippen LogP contribution in [0.5, 0.6) is 0 Å². The Morgan fingerprint density at radius 1 is 1.03 bits per heavy atom. The highest BCUT2D eigenvalue weighted by atomic mass is 19.1. The van der Waals surface area contributed by atoms with Crippen molar-refractivity contribution in [1.29, 1.82) is 0 Å². The fraction of sp³-hybridized carbons (Fsp3) is 0.350. The number of aromatic nitrogens is 6. The fourth-order valence-electron chi connectivity index (χ4n) is 3.55. The van der Waals surface area contributed by atoms with Gasteiger partial charge in [-0.05, 0) is 37.6 Å². The maximum Gasteiger partial charge on any atom is 0.241 e. The van der Waals surface area contributed by atoms with Gasteiger partial charge in [0.2, 0.25) is 11.7 Å². The van der Waals surface area contributed by atoms with E-state index >= 15 is 0 Å². The largest absolute Gasteiger partial charge is 0.353 e. The summed E-state index contributed by atoms with van der Waals surface area (Å²) < 4.78 is 20.9. The first-order valence-corrected chi connectivity index (χ1v) is 9.82. The molecule has 154 valence electrons. The lowest BCUT2D eigenvalue weighted by Gasteiger charge is -2.34. The van der Waals surface area contributed by atoms with Crippen LogP contribution in [0.15, 0.2) is 34.9 Å². The predicted molar refractivity (Wildman–Crippen MR) is 107 cm³/mol. The van der Waals surface area contributed by atoms with Gasteiger partial charge in [-0.2, -0.15) is 9.50 Å². The van der Waals surface area contributed by atoms with Crippen LogP contribution in [-0.2, 0) is 6.54 Å². The van der Waals surface area contributed by atoms with Crippen molar-refractivity contribution in [3.63, 3.8) is 0 Å². The molecule has 9 nitrogen and oxygen atoms in total. The Kier molecular flexibility index (Phi) is 4.62. The number of rotatable bonds is 4. The van der Waals surface area contributed by atoms with Crippen LogP contribution in [0.4, 0.5) is 10.2 Å². The van der Waals surface area contributed by atoms with Crippen LogP contribution in [0.1, 0.15) is 17.3 Å². The number of aryl methyl sites for hydroxylation is 2. The smallest absolute Gasteiger partial charge is 0.241 e. The Morgan fingerprint density at radius 3 is 2.67 bits per heavy atom. The second-order valence-electron chi connectivity index (χ2n) is 7.45. The molecule has 0 unspecified atom stereocenters. The van der Waals surface area contributed by atoms with Crippen molar-refractivity contribution in [2.75, 3.05) is 31.1 Å². The van der Waals surface area contributed by atoms with E-state index in [9.17, 15) is 4.39 Å². The van der Waals surface area contributed by atoms with Crippen LogP contribution < -0.4 is 4.90 Å². The van der Waals surface area contributed by atoms with Gasteiger partial charge >= 0.3 is 0 Å². The zero-order valence-electron chi connectivity index (χ0n) is 16.8. The van der Waals surface area contributed by atoms with Gasteiger partial charge in [-0.1, -0.05) is 17.3 Å². The van der Waals surface area contributed by atoms with Crippen LogP contribution in [0.25, 0.3) is 17.0 Å². The number of hydrogen-bond acceptors (Lipinski definition) is 8. The zero-order valence-corrected chi connectivity index (χ0v) is 16.8. The van der Waals surface area contributed by atoms with Crippen molar-refractivity contribution in [2.45, 2.75) is 20.4 Å². The molecule has 0 aliphatic carbocycles. The number of nitrogens with zero attached hydrogens (tertiary/aromatic N) is 8. The van der Waals surface area contributed by atoms with Crippen molar-refractivity contribution in [2.24, 2.45) is 0 Å². The summed E-state index contributed by atoms with van der Waals surface area (Å²) in [5, 5.41) is 16.8. The van der Waals surface area contributed by atoms with E-state index in [1.54, 1.807) is 23.6 Å². The SMILES string of the molecule is Cc1ccc(-c2noc(CN3CCN(c4ccc5nnc(C)n5n4)CC3)n2)cc1F. The minimum atomic E-state index is -0.275. The summed E-state index contributed by atoms with van der Waals surface area (Å²) in [6.07, 6.45) is 0. The van der Waals surface area contributed by atoms with Gasteiger partial charge in [-0.25, -0.2) is 4.39 Å². The lowest BCUT2D eigenvalue weighted by molar-refractivity contribution is 0.215. The monoisotopic (exact) mass is 408 g/mol. The molecule has 4 aromatic rings. The highest BCUT2D eigenvalue weighted by Gasteiger charge is 2.21. The Labute approximate surface area is 172 Å². The van der Waals surface area contributed by atoms with Crippen molar-refractivity contribution >= 4 is 11.5 Å². The summed E-state index contributed by atoms with van der Waals surface area (Å²) in [5.41, 5.74) is 1.95. The van der Waals surface area contributed by atoms with Gasteiger partial charge in [0.25, 0.3) is 0 Å². The van der Waals surface area contributed by atoms with Gasteiger partial charge < -0.3 is 9.42 Å². The Balaban J connectivity index is 1.22. The van der Waals surface area contributed by atoms with Gasteiger partial charge in [0.15, 0.2) is 11.5 Å². The first kappa shape index (κ1) is 18.6. The standard InChI is InChI=1S/C20H21FN8O/c1-13-3-4-15(11-16(13)21)20-22-19(30-26-20)12-27-7-9-28(10-8-27)18-6-5-17-24-23-14(2)29(17)25-18/h3-6,11H,7-10,12H2,1-2H3.